The van der Waals surface area contributed by atoms with E-state index in [1.54, 1.807) is 17.0 Å². The molecule has 4 aromatic rings. The van der Waals surface area contributed by atoms with Crippen LogP contribution in [-0.4, -0.2) is 34.8 Å². The molecule has 0 spiro atoms. The van der Waals surface area contributed by atoms with Gasteiger partial charge in [-0.25, -0.2) is 4.98 Å². The van der Waals surface area contributed by atoms with E-state index >= 15 is 0 Å². The third kappa shape index (κ3) is 4.08. The molecule has 3 aromatic heterocycles. The first-order valence-electron chi connectivity index (χ1n) is 9.84. The summed E-state index contributed by atoms with van der Waals surface area (Å²) in [5, 5.41) is 6.75. The van der Waals surface area contributed by atoms with Gasteiger partial charge < -0.3 is 19.1 Å². The molecule has 4 heterocycles. The number of furan rings is 2. The minimum Gasteiger partial charge on any atom is -0.472 e. The summed E-state index contributed by atoms with van der Waals surface area (Å²) in [6.07, 6.45) is 4.39. The molecule has 7 nitrogen and oxygen atoms in total. The quantitative estimate of drug-likeness (QED) is 0.451. The Morgan fingerprint density at radius 2 is 2.16 bits per heavy atom. The second-order valence-corrected chi connectivity index (χ2v) is 8.72. The Kier molecular flexibility index (Phi) is 5.25. The molecular formula is C22H18ClN3O4S. The van der Waals surface area contributed by atoms with Gasteiger partial charge in [-0.2, -0.15) is 0 Å². The van der Waals surface area contributed by atoms with Crippen molar-refractivity contribution in [3.8, 4) is 11.5 Å². The van der Waals surface area contributed by atoms with Gasteiger partial charge in [0.25, 0.3) is 5.91 Å². The third-order valence-corrected chi connectivity index (χ3v) is 6.31. The van der Waals surface area contributed by atoms with Crippen LogP contribution in [0.2, 0.25) is 5.02 Å². The van der Waals surface area contributed by atoms with E-state index in [0.717, 1.165) is 23.8 Å². The molecule has 0 saturated carbocycles. The number of aromatic nitrogens is 1. The molecule has 1 aliphatic heterocycles. The molecule has 0 radical (unpaired) electrons. The highest BCUT2D eigenvalue weighted by molar-refractivity contribution is 7.14. The van der Waals surface area contributed by atoms with Gasteiger partial charge in [-0.3, -0.25) is 9.59 Å². The van der Waals surface area contributed by atoms with Crippen molar-refractivity contribution in [2.45, 2.75) is 12.8 Å². The normalized spacial score (nSPS) is 16.5. The van der Waals surface area contributed by atoms with Crippen molar-refractivity contribution in [1.29, 1.82) is 0 Å². The molecule has 0 bridgehead atoms. The number of halogens is 1. The Hall–Kier alpha value is -3.10. The van der Waals surface area contributed by atoms with Crippen molar-refractivity contribution in [2.75, 3.05) is 18.4 Å². The van der Waals surface area contributed by atoms with Crippen LogP contribution in [0.3, 0.4) is 0 Å². The fraction of sp³-hybridized carbons (Fsp3) is 0.227. The molecule has 2 amide bonds. The number of carbonyl (C=O) groups is 2. The molecular weight excluding hydrogens is 438 g/mol. The number of hydrogen-bond donors (Lipinski definition) is 1. The lowest BCUT2D eigenvalue weighted by atomic mass is 9.97. The summed E-state index contributed by atoms with van der Waals surface area (Å²) in [4.78, 5) is 31.5. The summed E-state index contributed by atoms with van der Waals surface area (Å²) in [7, 11) is 0. The summed E-state index contributed by atoms with van der Waals surface area (Å²) >= 11 is 7.37. The molecule has 1 aromatic carbocycles. The molecule has 5 rings (SSSR count). The highest BCUT2D eigenvalue weighted by Crippen LogP contribution is 2.32. The highest BCUT2D eigenvalue weighted by Gasteiger charge is 2.29. The number of piperidine rings is 1. The summed E-state index contributed by atoms with van der Waals surface area (Å²) in [5.41, 5.74) is 1.87. The Morgan fingerprint density at radius 3 is 3.00 bits per heavy atom. The number of rotatable bonds is 4. The number of nitrogens with zero attached hydrogens (tertiary/aromatic N) is 2. The molecule has 1 saturated heterocycles. The second-order valence-electron chi connectivity index (χ2n) is 7.42. The lowest BCUT2D eigenvalue weighted by molar-refractivity contribution is -0.121. The van der Waals surface area contributed by atoms with Crippen molar-refractivity contribution in [3.05, 3.63) is 58.8 Å². The molecule has 9 heteroatoms. The second kappa shape index (κ2) is 8.20. The standard InChI is InChI=1S/C22H18ClN3O4S/c23-16-3-4-18-15(8-16)9-19(30-18)17-12-31-22(24-17)25-20(27)13-2-1-6-26(10-13)21(28)14-5-7-29-11-14/h3-5,7-9,11-13H,1-2,6,10H2,(H,24,25,27). The van der Waals surface area contributed by atoms with Crippen molar-refractivity contribution in [2.24, 2.45) is 5.92 Å². The van der Waals surface area contributed by atoms with Gasteiger partial charge in [-0.1, -0.05) is 11.6 Å². The fourth-order valence-electron chi connectivity index (χ4n) is 3.74. The van der Waals surface area contributed by atoms with E-state index in [1.807, 2.05) is 23.6 Å². The zero-order chi connectivity index (χ0) is 21.4. The number of hydrogen-bond acceptors (Lipinski definition) is 6. The molecule has 1 unspecified atom stereocenters. The maximum Gasteiger partial charge on any atom is 0.257 e. The van der Waals surface area contributed by atoms with Crippen LogP contribution in [0.25, 0.3) is 22.4 Å². The lowest BCUT2D eigenvalue weighted by Gasteiger charge is -2.31. The van der Waals surface area contributed by atoms with E-state index < -0.39 is 0 Å². The van der Waals surface area contributed by atoms with Gasteiger partial charge in [0.1, 0.15) is 17.5 Å². The van der Waals surface area contributed by atoms with Crippen LogP contribution in [0.15, 0.2) is 57.1 Å². The van der Waals surface area contributed by atoms with Crippen molar-refractivity contribution >= 4 is 50.9 Å². The van der Waals surface area contributed by atoms with Gasteiger partial charge >= 0.3 is 0 Å². The fourth-order valence-corrected chi connectivity index (χ4v) is 4.62. The zero-order valence-corrected chi connectivity index (χ0v) is 17.9. The summed E-state index contributed by atoms with van der Waals surface area (Å²) < 4.78 is 10.8. The maximum atomic E-state index is 12.8. The number of anilines is 1. The van der Waals surface area contributed by atoms with Gasteiger partial charge in [0.2, 0.25) is 5.91 Å². The molecule has 1 aliphatic rings. The average molecular weight is 456 g/mol. The first-order chi connectivity index (χ1) is 15.1. The van der Waals surface area contributed by atoms with Gasteiger partial charge in [-0.05, 0) is 43.2 Å². The summed E-state index contributed by atoms with van der Waals surface area (Å²) in [6.45, 7) is 1.00. The smallest absolute Gasteiger partial charge is 0.257 e. The first-order valence-corrected chi connectivity index (χ1v) is 11.1. The number of likely N-dealkylation sites (tertiary alicyclic amines) is 1. The molecule has 1 atom stereocenters. The summed E-state index contributed by atoms with van der Waals surface area (Å²) in [6, 6.07) is 8.93. The predicted octanol–water partition coefficient (Wildman–Crippen LogP) is 5.29. The van der Waals surface area contributed by atoms with Crippen LogP contribution in [0.1, 0.15) is 23.2 Å². The average Bonchev–Trinajstić information content (AvgIpc) is 3.53. The largest absolute Gasteiger partial charge is 0.472 e. The van der Waals surface area contributed by atoms with E-state index in [1.165, 1.54) is 23.9 Å². The molecule has 31 heavy (non-hydrogen) atoms. The van der Waals surface area contributed by atoms with E-state index in [4.69, 9.17) is 20.4 Å². The van der Waals surface area contributed by atoms with E-state index in [-0.39, 0.29) is 17.7 Å². The molecule has 158 valence electrons. The van der Waals surface area contributed by atoms with Crippen LogP contribution < -0.4 is 5.32 Å². The monoisotopic (exact) mass is 455 g/mol. The molecule has 1 fully saturated rings. The number of fused-ring (bicyclic) bond motifs is 1. The minimum atomic E-state index is -0.287. The lowest BCUT2D eigenvalue weighted by Crippen LogP contribution is -2.43. The minimum absolute atomic E-state index is 0.118. The molecule has 1 N–H and O–H groups in total. The number of benzene rings is 1. The topological polar surface area (TPSA) is 88.6 Å². The van der Waals surface area contributed by atoms with Gasteiger partial charge in [0, 0.05) is 28.9 Å². The van der Waals surface area contributed by atoms with Crippen molar-refractivity contribution < 1.29 is 18.4 Å². The van der Waals surface area contributed by atoms with Crippen LogP contribution in [0.4, 0.5) is 5.13 Å². The van der Waals surface area contributed by atoms with Crippen LogP contribution >= 0.6 is 22.9 Å². The van der Waals surface area contributed by atoms with Crippen molar-refractivity contribution in [1.82, 2.24) is 9.88 Å². The Morgan fingerprint density at radius 1 is 1.26 bits per heavy atom. The third-order valence-electron chi connectivity index (χ3n) is 5.31. The van der Waals surface area contributed by atoms with Crippen LogP contribution in [0.5, 0.6) is 0 Å². The summed E-state index contributed by atoms with van der Waals surface area (Å²) in [5.74, 6) is 0.0728. The maximum absolute atomic E-state index is 12.8. The zero-order valence-electron chi connectivity index (χ0n) is 16.3. The number of carbonyl (C=O) groups excluding carboxylic acids is 2. The van der Waals surface area contributed by atoms with Crippen LogP contribution in [-0.2, 0) is 4.79 Å². The van der Waals surface area contributed by atoms with Gasteiger partial charge in [0.05, 0.1) is 17.7 Å². The van der Waals surface area contributed by atoms with E-state index in [9.17, 15) is 9.59 Å². The molecule has 0 aliphatic carbocycles. The van der Waals surface area contributed by atoms with E-state index in [2.05, 4.69) is 10.3 Å². The number of thiazole rings is 1. The number of amides is 2. The van der Waals surface area contributed by atoms with Gasteiger partial charge in [0.15, 0.2) is 10.9 Å². The Balaban J connectivity index is 1.26. The predicted molar refractivity (Wildman–Crippen MR) is 118 cm³/mol. The SMILES string of the molecule is O=C(Nc1nc(-c2cc3cc(Cl)ccc3o2)cs1)C1CCCN(C(=O)c2ccoc2)C1. The first kappa shape index (κ1) is 19.8. The van der Waals surface area contributed by atoms with Crippen molar-refractivity contribution in [3.63, 3.8) is 0 Å². The van der Waals surface area contributed by atoms with Gasteiger partial charge in [-0.15, -0.1) is 11.3 Å². The Bertz CT molecular complexity index is 1250. The Labute approximate surface area is 186 Å². The van der Waals surface area contributed by atoms with E-state index in [0.29, 0.717) is 40.3 Å². The highest BCUT2D eigenvalue weighted by atomic mass is 35.5. The van der Waals surface area contributed by atoms with Crippen LogP contribution in [0, 0.1) is 5.92 Å². The number of nitrogens with one attached hydrogen (secondary N) is 1.